The van der Waals surface area contributed by atoms with Crippen molar-refractivity contribution in [1.29, 1.82) is 0 Å². The third-order valence-corrected chi connectivity index (χ3v) is 7.45. The van der Waals surface area contributed by atoms with Crippen LogP contribution in [-0.4, -0.2) is 40.2 Å². The largest absolute Gasteiger partial charge is 0.357 e. The van der Waals surface area contributed by atoms with E-state index in [1.54, 1.807) is 43.3 Å². The standard InChI is InChI=1S/C22H20N2O5S2/c1-13-21(31(3,28)29)20(14-7-5-4-6-8-14)19(23-13)12-17-16-11-15(30(2,26)27)9-10-18(16)24-22(17)25/h4-12,23H,1-3H3,(H,24,25)/b17-12-. The van der Waals surface area contributed by atoms with Crippen molar-refractivity contribution in [2.24, 2.45) is 0 Å². The Morgan fingerprint density at radius 1 is 0.903 bits per heavy atom. The van der Waals surface area contributed by atoms with Crippen molar-refractivity contribution in [1.82, 2.24) is 4.98 Å². The summed E-state index contributed by atoms with van der Waals surface area (Å²) in [5.74, 6) is -0.396. The fourth-order valence-corrected chi connectivity index (χ4v) is 5.63. The van der Waals surface area contributed by atoms with Crippen LogP contribution in [0.3, 0.4) is 0 Å². The molecule has 4 rings (SSSR count). The molecule has 2 heterocycles. The normalized spacial score (nSPS) is 15.2. The number of H-pyrrole nitrogens is 1. The summed E-state index contributed by atoms with van der Waals surface area (Å²) < 4.78 is 49.0. The molecule has 0 saturated carbocycles. The second-order valence-corrected chi connectivity index (χ2v) is 11.5. The molecular weight excluding hydrogens is 436 g/mol. The summed E-state index contributed by atoms with van der Waals surface area (Å²) in [6.45, 7) is 1.66. The number of aromatic nitrogens is 1. The molecule has 31 heavy (non-hydrogen) atoms. The number of nitrogens with one attached hydrogen (secondary N) is 2. The quantitative estimate of drug-likeness (QED) is 0.585. The molecule has 0 fully saturated rings. The van der Waals surface area contributed by atoms with E-state index >= 15 is 0 Å². The molecule has 1 aliphatic rings. The summed E-state index contributed by atoms with van der Waals surface area (Å²) in [4.78, 5) is 16.0. The van der Waals surface area contributed by atoms with Gasteiger partial charge in [0.25, 0.3) is 5.91 Å². The van der Waals surface area contributed by atoms with E-state index in [9.17, 15) is 21.6 Å². The first-order chi connectivity index (χ1) is 14.5. The minimum Gasteiger partial charge on any atom is -0.357 e. The number of aromatic amines is 1. The first-order valence-corrected chi connectivity index (χ1v) is 13.1. The highest BCUT2D eigenvalue weighted by molar-refractivity contribution is 7.91. The first-order valence-electron chi connectivity index (χ1n) is 9.32. The lowest BCUT2D eigenvalue weighted by atomic mass is 10.0. The van der Waals surface area contributed by atoms with Gasteiger partial charge in [-0.3, -0.25) is 4.79 Å². The van der Waals surface area contributed by atoms with Crippen LogP contribution in [0.25, 0.3) is 22.8 Å². The van der Waals surface area contributed by atoms with Gasteiger partial charge in [0.05, 0.1) is 15.4 Å². The molecule has 1 amide bonds. The lowest BCUT2D eigenvalue weighted by Crippen LogP contribution is -2.03. The van der Waals surface area contributed by atoms with Crippen molar-refractivity contribution >= 4 is 42.9 Å². The van der Waals surface area contributed by atoms with E-state index in [0.717, 1.165) is 12.5 Å². The molecular formula is C22H20N2O5S2. The molecule has 1 aliphatic heterocycles. The zero-order valence-electron chi connectivity index (χ0n) is 17.1. The van der Waals surface area contributed by atoms with Crippen molar-refractivity contribution in [3.8, 4) is 11.1 Å². The molecule has 7 nitrogen and oxygen atoms in total. The number of benzene rings is 2. The maximum absolute atomic E-state index is 12.7. The molecule has 3 aromatic rings. The van der Waals surface area contributed by atoms with Gasteiger partial charge in [0.2, 0.25) is 0 Å². The van der Waals surface area contributed by atoms with Crippen molar-refractivity contribution in [3.63, 3.8) is 0 Å². The SMILES string of the molecule is Cc1[nH]c(/C=C2\C(=O)Nc3ccc(S(C)(=O)=O)cc32)c(-c2ccccc2)c1S(C)(=O)=O. The van der Waals surface area contributed by atoms with Crippen LogP contribution in [0, 0.1) is 6.92 Å². The third-order valence-electron chi connectivity index (χ3n) is 5.08. The number of rotatable bonds is 4. The van der Waals surface area contributed by atoms with E-state index in [-0.39, 0.29) is 15.4 Å². The molecule has 0 atom stereocenters. The molecule has 9 heteroatoms. The number of anilines is 1. The average molecular weight is 457 g/mol. The van der Waals surface area contributed by atoms with Crippen LogP contribution >= 0.6 is 0 Å². The van der Waals surface area contributed by atoms with Gasteiger partial charge in [-0.1, -0.05) is 30.3 Å². The Morgan fingerprint density at radius 2 is 1.58 bits per heavy atom. The highest BCUT2D eigenvalue weighted by Crippen LogP contribution is 2.39. The van der Waals surface area contributed by atoms with E-state index in [1.165, 1.54) is 12.1 Å². The van der Waals surface area contributed by atoms with Crippen LogP contribution in [0.1, 0.15) is 17.0 Å². The smallest absolute Gasteiger partial charge is 0.256 e. The van der Waals surface area contributed by atoms with Crippen molar-refractivity contribution < 1.29 is 21.6 Å². The second kappa shape index (κ2) is 7.21. The van der Waals surface area contributed by atoms with Gasteiger partial charge >= 0.3 is 0 Å². The van der Waals surface area contributed by atoms with Gasteiger partial charge in [0.1, 0.15) is 0 Å². The van der Waals surface area contributed by atoms with E-state index in [1.807, 2.05) is 6.07 Å². The summed E-state index contributed by atoms with van der Waals surface area (Å²) in [5, 5.41) is 2.72. The minimum absolute atomic E-state index is 0.0939. The molecule has 0 unspecified atom stereocenters. The van der Waals surface area contributed by atoms with Crippen molar-refractivity contribution in [2.45, 2.75) is 16.7 Å². The lowest BCUT2D eigenvalue weighted by Gasteiger charge is -2.06. The number of sulfone groups is 2. The van der Waals surface area contributed by atoms with E-state index in [0.29, 0.717) is 33.8 Å². The minimum atomic E-state index is -3.57. The molecule has 160 valence electrons. The monoisotopic (exact) mass is 456 g/mol. The number of aryl methyl sites for hydroxylation is 1. The molecule has 0 aliphatic carbocycles. The number of carbonyl (C=O) groups excluding carboxylic acids is 1. The predicted molar refractivity (Wildman–Crippen MR) is 120 cm³/mol. The Labute approximate surface area is 180 Å². The van der Waals surface area contributed by atoms with Crippen molar-refractivity contribution in [2.75, 3.05) is 17.8 Å². The maximum atomic E-state index is 12.7. The van der Waals surface area contributed by atoms with Gasteiger partial charge in [0.15, 0.2) is 19.7 Å². The van der Waals surface area contributed by atoms with Crippen LogP contribution in [-0.2, 0) is 24.5 Å². The molecule has 2 N–H and O–H groups in total. The number of carbonyl (C=O) groups is 1. The summed E-state index contributed by atoms with van der Waals surface area (Å²) in [6, 6.07) is 13.5. The van der Waals surface area contributed by atoms with Gasteiger partial charge in [-0.2, -0.15) is 0 Å². The number of fused-ring (bicyclic) bond motifs is 1. The van der Waals surface area contributed by atoms with Crippen LogP contribution in [0.2, 0.25) is 0 Å². The van der Waals surface area contributed by atoms with Gasteiger partial charge < -0.3 is 10.3 Å². The van der Waals surface area contributed by atoms with Crippen LogP contribution in [0.15, 0.2) is 58.3 Å². The number of hydrogen-bond acceptors (Lipinski definition) is 5. The molecule has 0 radical (unpaired) electrons. The van der Waals surface area contributed by atoms with Crippen LogP contribution < -0.4 is 5.32 Å². The Morgan fingerprint density at radius 3 is 2.19 bits per heavy atom. The Balaban J connectivity index is 1.99. The van der Waals surface area contributed by atoms with Crippen molar-refractivity contribution in [3.05, 3.63) is 65.5 Å². The fourth-order valence-electron chi connectivity index (χ4n) is 3.78. The van der Waals surface area contributed by atoms with E-state index < -0.39 is 25.6 Å². The second-order valence-electron chi connectivity index (χ2n) is 7.50. The van der Waals surface area contributed by atoms with E-state index in [2.05, 4.69) is 10.3 Å². The van der Waals surface area contributed by atoms with Gasteiger partial charge in [0, 0.05) is 40.7 Å². The summed E-state index contributed by atoms with van der Waals surface area (Å²) in [7, 11) is -7.03. The van der Waals surface area contributed by atoms with Gasteiger partial charge in [-0.25, -0.2) is 16.8 Å². The topological polar surface area (TPSA) is 113 Å². The molecule has 0 saturated heterocycles. The summed E-state index contributed by atoms with van der Waals surface area (Å²) >= 11 is 0. The van der Waals surface area contributed by atoms with E-state index in [4.69, 9.17) is 0 Å². The molecule has 2 aromatic carbocycles. The lowest BCUT2D eigenvalue weighted by molar-refractivity contribution is -0.110. The Bertz CT molecular complexity index is 1470. The first kappa shape index (κ1) is 21.1. The summed E-state index contributed by atoms with van der Waals surface area (Å²) in [6.07, 6.45) is 3.81. The maximum Gasteiger partial charge on any atom is 0.256 e. The average Bonchev–Trinajstić information content (AvgIpc) is 3.18. The zero-order chi connectivity index (χ0) is 22.6. The molecule has 0 bridgehead atoms. The van der Waals surface area contributed by atoms with Crippen LogP contribution in [0.5, 0.6) is 0 Å². The molecule has 1 aromatic heterocycles. The number of hydrogen-bond donors (Lipinski definition) is 2. The Hall–Kier alpha value is -3.17. The van der Waals surface area contributed by atoms with Gasteiger partial charge in [-0.15, -0.1) is 0 Å². The zero-order valence-corrected chi connectivity index (χ0v) is 18.7. The summed E-state index contributed by atoms with van der Waals surface area (Å²) in [5.41, 5.74) is 3.25. The van der Waals surface area contributed by atoms with Gasteiger partial charge in [-0.05, 0) is 36.8 Å². The highest BCUT2D eigenvalue weighted by atomic mass is 32.2. The molecule has 0 spiro atoms. The third kappa shape index (κ3) is 3.82. The predicted octanol–water partition coefficient (Wildman–Crippen LogP) is 3.29. The highest BCUT2D eigenvalue weighted by Gasteiger charge is 2.28. The number of amides is 1. The Kier molecular flexibility index (Phi) is 4.90. The fraction of sp³-hybridized carbons (Fsp3) is 0.136. The van der Waals surface area contributed by atoms with Crippen LogP contribution in [0.4, 0.5) is 5.69 Å².